The predicted octanol–water partition coefficient (Wildman–Crippen LogP) is -2.87. The van der Waals surface area contributed by atoms with Crippen molar-refractivity contribution in [3.8, 4) is 0 Å². The van der Waals surface area contributed by atoms with Crippen molar-refractivity contribution in [1.29, 1.82) is 0 Å². The molecule has 0 aromatic carbocycles. The topological polar surface area (TPSA) is 222 Å². The SMILES string of the molecule is O=C(O)CN(CC(=O)O)CC(=O)O.O=C1O[C@H]([C@@H](O)CO)C(O)=C1O. The van der Waals surface area contributed by atoms with Gasteiger partial charge in [0.25, 0.3) is 0 Å². The van der Waals surface area contributed by atoms with Crippen LogP contribution in [0.2, 0.25) is 0 Å². The van der Waals surface area contributed by atoms with E-state index in [1.807, 2.05) is 0 Å². The van der Waals surface area contributed by atoms with Gasteiger partial charge in [-0.25, -0.2) is 4.79 Å². The molecule has 0 fully saturated rings. The van der Waals surface area contributed by atoms with Crippen LogP contribution < -0.4 is 0 Å². The number of carbonyl (C=O) groups is 4. The third kappa shape index (κ3) is 7.96. The Morgan fingerprint density at radius 1 is 1.00 bits per heavy atom. The molecule has 1 rings (SSSR count). The Balaban J connectivity index is 0.000000462. The fraction of sp³-hybridized carbons (Fsp3) is 0.500. The maximum Gasteiger partial charge on any atom is 0.377 e. The van der Waals surface area contributed by atoms with E-state index < -0.39 is 73.8 Å². The van der Waals surface area contributed by atoms with Gasteiger partial charge in [0, 0.05) is 0 Å². The Kier molecular flexibility index (Phi) is 8.90. The van der Waals surface area contributed by atoms with E-state index in [1.54, 1.807) is 0 Å². The second-order valence-electron chi connectivity index (χ2n) is 4.64. The second kappa shape index (κ2) is 10.1. The number of carbonyl (C=O) groups excluding carboxylic acids is 1. The molecule has 142 valence electrons. The smallest absolute Gasteiger partial charge is 0.377 e. The summed E-state index contributed by atoms with van der Waals surface area (Å²) in [5.74, 6) is -6.56. The Hall–Kier alpha value is -2.90. The van der Waals surface area contributed by atoms with Gasteiger partial charge < -0.3 is 40.5 Å². The first-order chi connectivity index (χ1) is 11.5. The van der Waals surface area contributed by atoms with Crippen LogP contribution in [0.5, 0.6) is 0 Å². The highest BCUT2D eigenvalue weighted by Gasteiger charge is 2.38. The van der Waals surface area contributed by atoms with E-state index >= 15 is 0 Å². The van der Waals surface area contributed by atoms with Crippen LogP contribution >= 0.6 is 0 Å². The van der Waals surface area contributed by atoms with Crippen LogP contribution in [0.25, 0.3) is 0 Å². The molecule has 13 nitrogen and oxygen atoms in total. The molecule has 1 heterocycles. The lowest BCUT2D eigenvalue weighted by atomic mass is 10.2. The summed E-state index contributed by atoms with van der Waals surface area (Å²) >= 11 is 0. The maximum absolute atomic E-state index is 10.5. The van der Waals surface area contributed by atoms with Gasteiger partial charge in [-0.1, -0.05) is 0 Å². The minimum Gasteiger partial charge on any atom is -0.505 e. The van der Waals surface area contributed by atoms with Gasteiger partial charge in [-0.15, -0.1) is 0 Å². The first kappa shape index (κ1) is 22.1. The number of carboxylic acids is 3. The zero-order valence-electron chi connectivity index (χ0n) is 12.6. The molecule has 0 spiro atoms. The number of nitrogens with zero attached hydrogens (tertiary/aromatic N) is 1. The van der Waals surface area contributed by atoms with E-state index in [9.17, 15) is 19.2 Å². The van der Waals surface area contributed by atoms with Gasteiger partial charge in [0.1, 0.15) is 6.10 Å². The van der Waals surface area contributed by atoms with Crippen molar-refractivity contribution in [3.63, 3.8) is 0 Å². The summed E-state index contributed by atoms with van der Waals surface area (Å²) in [5, 5.41) is 59.9. The number of carboxylic acid groups (broad SMARTS) is 3. The number of hydrogen-bond acceptors (Lipinski definition) is 10. The lowest BCUT2D eigenvalue weighted by Gasteiger charge is -2.14. The lowest BCUT2D eigenvalue weighted by Crippen LogP contribution is -2.38. The zero-order chi connectivity index (χ0) is 19.7. The van der Waals surface area contributed by atoms with Crippen LogP contribution in [0.1, 0.15) is 0 Å². The molecule has 0 saturated heterocycles. The fourth-order valence-corrected chi connectivity index (χ4v) is 1.56. The van der Waals surface area contributed by atoms with Crippen molar-refractivity contribution >= 4 is 23.9 Å². The van der Waals surface area contributed by atoms with Crippen molar-refractivity contribution < 1.29 is 59.7 Å². The summed E-state index contributed by atoms with van der Waals surface area (Å²) in [6.07, 6.45) is -2.78. The Bertz CT molecular complexity index is 518. The fourth-order valence-electron chi connectivity index (χ4n) is 1.56. The summed E-state index contributed by atoms with van der Waals surface area (Å²) in [7, 11) is 0. The number of ether oxygens (including phenoxy) is 1. The molecule has 0 saturated carbocycles. The van der Waals surface area contributed by atoms with Crippen LogP contribution in [0.4, 0.5) is 0 Å². The van der Waals surface area contributed by atoms with Crippen LogP contribution in [-0.4, -0.2) is 103 Å². The molecule has 0 bridgehead atoms. The van der Waals surface area contributed by atoms with Gasteiger partial charge in [-0.05, 0) is 0 Å². The molecule has 1 aliphatic rings. The number of aliphatic hydroxyl groups is 4. The van der Waals surface area contributed by atoms with Crippen molar-refractivity contribution in [2.45, 2.75) is 12.2 Å². The molecule has 2 atom stereocenters. The molecule has 1 aliphatic heterocycles. The first-order valence-electron chi connectivity index (χ1n) is 6.49. The number of esters is 1. The van der Waals surface area contributed by atoms with Gasteiger partial charge in [0.2, 0.25) is 5.76 Å². The molecule has 0 unspecified atom stereocenters. The number of aliphatic hydroxyl groups excluding tert-OH is 4. The third-order valence-electron chi connectivity index (χ3n) is 2.55. The molecule has 7 N–H and O–H groups in total. The molecule has 0 aliphatic carbocycles. The molecule has 0 aromatic heterocycles. The number of rotatable bonds is 8. The van der Waals surface area contributed by atoms with Crippen molar-refractivity contribution in [1.82, 2.24) is 4.90 Å². The summed E-state index contributed by atoms with van der Waals surface area (Å²) < 4.78 is 4.32. The van der Waals surface area contributed by atoms with Gasteiger partial charge in [-0.2, -0.15) is 0 Å². The van der Waals surface area contributed by atoms with Crippen molar-refractivity contribution in [2.24, 2.45) is 0 Å². The number of hydrogen-bond donors (Lipinski definition) is 7. The molecule has 0 amide bonds. The lowest BCUT2D eigenvalue weighted by molar-refractivity contribution is -0.148. The van der Waals surface area contributed by atoms with Crippen LogP contribution in [-0.2, 0) is 23.9 Å². The molecular formula is C12H17NO12. The third-order valence-corrected chi connectivity index (χ3v) is 2.55. The normalized spacial score (nSPS) is 17.6. The number of aliphatic carboxylic acids is 3. The maximum atomic E-state index is 10.5. The highest BCUT2D eigenvalue weighted by Crippen LogP contribution is 2.20. The van der Waals surface area contributed by atoms with E-state index in [4.69, 9.17) is 35.7 Å². The predicted molar refractivity (Wildman–Crippen MR) is 74.6 cm³/mol. The highest BCUT2D eigenvalue weighted by atomic mass is 16.6. The minimum atomic E-state index is -1.42. The molecular weight excluding hydrogens is 350 g/mol. The summed E-state index contributed by atoms with van der Waals surface area (Å²) in [6.45, 7) is -2.47. The Labute approximate surface area is 139 Å². The molecule has 13 heteroatoms. The molecule has 0 radical (unpaired) electrons. The standard InChI is InChI=1S/C6H9NO6.C6H8O6/c8-4(9)1-7(2-5(10)11)3-6(12)13;7-1-2(8)5-3(9)4(10)6(11)12-5/h1-3H2,(H,8,9)(H,10,11)(H,12,13);2,5,7-10H,1H2/t;2-,5+/m.0/s1. The van der Waals surface area contributed by atoms with Gasteiger partial charge in [0.05, 0.1) is 26.2 Å². The number of cyclic esters (lactones) is 1. The van der Waals surface area contributed by atoms with Gasteiger partial charge in [0.15, 0.2) is 11.9 Å². The van der Waals surface area contributed by atoms with E-state index in [1.165, 1.54) is 0 Å². The quantitative estimate of drug-likeness (QED) is 0.215. The molecule has 25 heavy (non-hydrogen) atoms. The Morgan fingerprint density at radius 2 is 1.40 bits per heavy atom. The van der Waals surface area contributed by atoms with Crippen molar-refractivity contribution in [2.75, 3.05) is 26.2 Å². The first-order valence-corrected chi connectivity index (χ1v) is 6.49. The van der Waals surface area contributed by atoms with E-state index in [0.29, 0.717) is 0 Å². The van der Waals surface area contributed by atoms with Gasteiger partial charge in [-0.3, -0.25) is 19.3 Å². The van der Waals surface area contributed by atoms with E-state index in [2.05, 4.69) is 4.74 Å². The Morgan fingerprint density at radius 3 is 1.64 bits per heavy atom. The van der Waals surface area contributed by atoms with Crippen LogP contribution in [0.3, 0.4) is 0 Å². The molecule has 0 aromatic rings. The monoisotopic (exact) mass is 367 g/mol. The average molecular weight is 367 g/mol. The van der Waals surface area contributed by atoms with Gasteiger partial charge >= 0.3 is 23.9 Å². The average Bonchev–Trinajstić information content (AvgIpc) is 2.72. The van der Waals surface area contributed by atoms with Crippen LogP contribution in [0, 0.1) is 0 Å². The highest BCUT2D eigenvalue weighted by molar-refractivity contribution is 5.89. The van der Waals surface area contributed by atoms with E-state index in [0.717, 1.165) is 4.90 Å². The summed E-state index contributed by atoms with van der Waals surface area (Å²) in [4.78, 5) is 41.8. The minimum absolute atomic E-state index is 0.599. The second-order valence-corrected chi connectivity index (χ2v) is 4.64. The van der Waals surface area contributed by atoms with Crippen LogP contribution in [0.15, 0.2) is 11.5 Å². The summed E-state index contributed by atoms with van der Waals surface area (Å²) in [6, 6.07) is 0. The summed E-state index contributed by atoms with van der Waals surface area (Å²) in [5.41, 5.74) is 0. The van der Waals surface area contributed by atoms with Crippen molar-refractivity contribution in [3.05, 3.63) is 11.5 Å². The van der Waals surface area contributed by atoms with E-state index in [-0.39, 0.29) is 0 Å². The zero-order valence-corrected chi connectivity index (χ0v) is 12.6. The largest absolute Gasteiger partial charge is 0.505 e.